The molecule has 0 saturated heterocycles. The Morgan fingerprint density at radius 3 is 2.77 bits per heavy atom. The van der Waals surface area contributed by atoms with Gasteiger partial charge in [-0.3, -0.25) is 9.69 Å². The highest BCUT2D eigenvalue weighted by atomic mass is 16.5. The van der Waals surface area contributed by atoms with Gasteiger partial charge in [0.25, 0.3) is 0 Å². The third-order valence-corrected chi connectivity index (χ3v) is 6.07. The molecule has 5 nitrogen and oxygen atoms in total. The summed E-state index contributed by atoms with van der Waals surface area (Å²) in [4.78, 5) is 15.5. The molecule has 0 spiro atoms. The molecule has 0 amide bonds. The number of carbonyl (C=O) groups excluding carboxylic acids is 1. The monoisotopic (exact) mass is 416 g/mol. The van der Waals surface area contributed by atoms with Crippen LogP contribution in [0.4, 0.5) is 0 Å². The fourth-order valence-electron chi connectivity index (χ4n) is 4.72. The zero-order valence-corrected chi connectivity index (χ0v) is 18.6. The predicted octanol–water partition coefficient (Wildman–Crippen LogP) is 5.39. The van der Waals surface area contributed by atoms with Gasteiger partial charge in [0.15, 0.2) is 5.76 Å². The van der Waals surface area contributed by atoms with Crippen LogP contribution in [-0.2, 0) is 13.1 Å². The predicted molar refractivity (Wildman–Crippen MR) is 122 cm³/mol. The molecule has 2 aliphatic heterocycles. The molecule has 0 fully saturated rings. The second-order valence-electron chi connectivity index (χ2n) is 8.87. The number of carbonyl (C=O) groups is 1. The van der Waals surface area contributed by atoms with Crippen molar-refractivity contribution in [2.75, 3.05) is 13.3 Å². The highest BCUT2D eigenvalue weighted by Crippen LogP contribution is 2.43. The summed E-state index contributed by atoms with van der Waals surface area (Å²) in [5, 5.41) is 1.12. The molecule has 0 saturated carbocycles. The summed E-state index contributed by atoms with van der Waals surface area (Å²) in [6.45, 7) is 11.7. The van der Waals surface area contributed by atoms with Crippen LogP contribution >= 0.6 is 0 Å². The van der Waals surface area contributed by atoms with Crippen LogP contribution in [0.15, 0.2) is 42.3 Å². The molecule has 1 aromatic heterocycles. The minimum Gasteiger partial charge on any atom is -0.477 e. The van der Waals surface area contributed by atoms with E-state index in [0.717, 1.165) is 53.0 Å². The Morgan fingerprint density at radius 2 is 2.00 bits per heavy atom. The summed E-state index contributed by atoms with van der Waals surface area (Å²) in [6.07, 6.45) is 3.96. The lowest BCUT2D eigenvalue weighted by Gasteiger charge is -2.31. The number of rotatable bonds is 4. The van der Waals surface area contributed by atoms with Gasteiger partial charge in [-0.2, -0.15) is 0 Å². The van der Waals surface area contributed by atoms with E-state index in [2.05, 4.69) is 48.6 Å². The van der Waals surface area contributed by atoms with E-state index in [9.17, 15) is 4.79 Å². The van der Waals surface area contributed by atoms with E-state index in [1.165, 1.54) is 0 Å². The summed E-state index contributed by atoms with van der Waals surface area (Å²) in [5.74, 6) is 2.36. The SMILES string of the molecule is CCn1cc(/C=C2\Oc3c(cc4c(c3C)OCN(CC(C)C)C4)C2=O)c2ccccc21. The number of hydrogen-bond donors (Lipinski definition) is 0. The molecule has 3 aromatic rings. The molecule has 31 heavy (non-hydrogen) atoms. The van der Waals surface area contributed by atoms with Gasteiger partial charge in [0.1, 0.15) is 18.2 Å². The van der Waals surface area contributed by atoms with Crippen molar-refractivity contribution in [2.24, 2.45) is 5.92 Å². The first-order chi connectivity index (χ1) is 15.0. The van der Waals surface area contributed by atoms with Gasteiger partial charge in [-0.1, -0.05) is 32.0 Å². The van der Waals surface area contributed by atoms with E-state index in [-0.39, 0.29) is 5.78 Å². The maximum atomic E-state index is 13.3. The lowest BCUT2D eigenvalue weighted by molar-refractivity contribution is 0.0835. The third-order valence-electron chi connectivity index (χ3n) is 6.07. The molecule has 5 heteroatoms. The smallest absolute Gasteiger partial charge is 0.231 e. The maximum Gasteiger partial charge on any atom is 0.231 e. The van der Waals surface area contributed by atoms with Gasteiger partial charge in [0.2, 0.25) is 5.78 Å². The Labute approximate surface area is 182 Å². The van der Waals surface area contributed by atoms with Crippen LogP contribution in [0.25, 0.3) is 17.0 Å². The number of aromatic nitrogens is 1. The third kappa shape index (κ3) is 3.33. The molecule has 0 N–H and O–H groups in total. The number of ketones is 1. The van der Waals surface area contributed by atoms with Gasteiger partial charge in [-0.15, -0.1) is 0 Å². The normalized spacial score (nSPS) is 17.2. The molecule has 2 aromatic carbocycles. The van der Waals surface area contributed by atoms with Crippen molar-refractivity contribution in [3.63, 3.8) is 0 Å². The average Bonchev–Trinajstić information content (AvgIpc) is 3.26. The highest BCUT2D eigenvalue weighted by Gasteiger charge is 2.33. The molecular weight excluding hydrogens is 388 g/mol. The fraction of sp³-hybridized carbons (Fsp3) is 0.346. The number of aryl methyl sites for hydroxylation is 1. The van der Waals surface area contributed by atoms with E-state index in [1.54, 1.807) is 0 Å². The second kappa shape index (κ2) is 7.57. The summed E-state index contributed by atoms with van der Waals surface area (Å²) in [7, 11) is 0. The quantitative estimate of drug-likeness (QED) is 0.535. The molecule has 0 bridgehead atoms. The first kappa shape index (κ1) is 19.9. The lowest BCUT2D eigenvalue weighted by atomic mass is 9.99. The Hall–Kier alpha value is -3.05. The molecular formula is C26H28N2O3. The number of benzene rings is 2. The molecule has 0 aliphatic carbocycles. The largest absolute Gasteiger partial charge is 0.477 e. The summed E-state index contributed by atoms with van der Waals surface area (Å²) in [5.41, 5.74) is 4.76. The van der Waals surface area contributed by atoms with E-state index in [0.29, 0.717) is 29.7 Å². The Balaban J connectivity index is 1.52. The number of ether oxygens (including phenoxy) is 2. The van der Waals surface area contributed by atoms with Crippen molar-refractivity contribution in [2.45, 2.75) is 40.8 Å². The number of nitrogens with zero attached hydrogens (tertiary/aromatic N) is 2. The van der Waals surface area contributed by atoms with Crippen molar-refractivity contribution in [3.8, 4) is 11.5 Å². The van der Waals surface area contributed by atoms with Gasteiger partial charge in [0.05, 0.1) is 5.56 Å². The van der Waals surface area contributed by atoms with Crippen LogP contribution in [0.2, 0.25) is 0 Å². The number of hydrogen-bond acceptors (Lipinski definition) is 4. The molecule has 0 radical (unpaired) electrons. The van der Waals surface area contributed by atoms with Gasteiger partial charge in [-0.25, -0.2) is 0 Å². The van der Waals surface area contributed by atoms with Crippen LogP contribution in [-0.4, -0.2) is 28.5 Å². The number of allylic oxidation sites excluding steroid dienone is 1. The van der Waals surface area contributed by atoms with Crippen molar-refractivity contribution in [1.29, 1.82) is 0 Å². The highest BCUT2D eigenvalue weighted by molar-refractivity contribution is 6.15. The number of fused-ring (bicyclic) bond motifs is 3. The minimum atomic E-state index is -0.0600. The van der Waals surface area contributed by atoms with Crippen LogP contribution < -0.4 is 9.47 Å². The van der Waals surface area contributed by atoms with E-state index in [4.69, 9.17) is 9.47 Å². The molecule has 3 heterocycles. The molecule has 0 atom stereocenters. The fourth-order valence-corrected chi connectivity index (χ4v) is 4.72. The maximum absolute atomic E-state index is 13.3. The van der Waals surface area contributed by atoms with Crippen molar-refractivity contribution < 1.29 is 14.3 Å². The lowest BCUT2D eigenvalue weighted by Crippen LogP contribution is -2.35. The Bertz CT molecular complexity index is 1220. The van der Waals surface area contributed by atoms with Gasteiger partial charge in [0, 0.05) is 53.4 Å². The number of Topliss-reactive ketones (excluding diaryl/α,β-unsaturated/α-hetero) is 1. The summed E-state index contributed by atoms with van der Waals surface area (Å²) < 4.78 is 14.4. The second-order valence-corrected chi connectivity index (χ2v) is 8.87. The van der Waals surface area contributed by atoms with Crippen molar-refractivity contribution in [3.05, 3.63) is 64.5 Å². The van der Waals surface area contributed by atoms with E-state index < -0.39 is 0 Å². The van der Waals surface area contributed by atoms with Crippen molar-refractivity contribution >= 4 is 22.8 Å². The zero-order valence-electron chi connectivity index (χ0n) is 18.6. The van der Waals surface area contributed by atoms with Gasteiger partial charge >= 0.3 is 0 Å². The minimum absolute atomic E-state index is 0.0600. The number of para-hydroxylation sites is 1. The molecule has 2 aliphatic rings. The van der Waals surface area contributed by atoms with Crippen molar-refractivity contribution in [1.82, 2.24) is 9.47 Å². The first-order valence-corrected chi connectivity index (χ1v) is 11.0. The topological polar surface area (TPSA) is 43.7 Å². The summed E-state index contributed by atoms with van der Waals surface area (Å²) in [6, 6.07) is 10.2. The molecule has 0 unspecified atom stereocenters. The summed E-state index contributed by atoms with van der Waals surface area (Å²) >= 11 is 0. The van der Waals surface area contributed by atoms with Gasteiger partial charge in [-0.05, 0) is 38.0 Å². The Morgan fingerprint density at radius 1 is 1.19 bits per heavy atom. The molecule has 160 valence electrons. The van der Waals surface area contributed by atoms with Gasteiger partial charge < -0.3 is 14.0 Å². The Kier molecular flexibility index (Phi) is 4.86. The van der Waals surface area contributed by atoms with E-state index in [1.807, 2.05) is 31.2 Å². The standard InChI is InChI=1S/C26H28N2O3/c1-5-28-14-18(20-8-6-7-9-22(20)28)11-23-24(29)21-10-19-13-27(12-16(2)3)15-30-25(19)17(4)26(21)31-23/h6-11,14,16H,5,12-13,15H2,1-4H3/b23-11-. The van der Waals surface area contributed by atoms with Crippen LogP contribution in [0.1, 0.15) is 47.8 Å². The van der Waals surface area contributed by atoms with E-state index >= 15 is 0 Å². The van der Waals surface area contributed by atoms with Crippen LogP contribution in [0.5, 0.6) is 11.5 Å². The molecule has 5 rings (SSSR count). The first-order valence-electron chi connectivity index (χ1n) is 11.0. The van der Waals surface area contributed by atoms with Crippen LogP contribution in [0, 0.1) is 12.8 Å². The average molecular weight is 417 g/mol. The van der Waals surface area contributed by atoms with Crippen LogP contribution in [0.3, 0.4) is 0 Å². The zero-order chi connectivity index (χ0) is 21.7.